The maximum absolute atomic E-state index is 12.4. The molecule has 2 N–H and O–H groups in total. The van der Waals surface area contributed by atoms with Crippen LogP contribution < -0.4 is 10.5 Å². The van der Waals surface area contributed by atoms with Crippen LogP contribution in [0.5, 0.6) is 5.75 Å². The zero-order chi connectivity index (χ0) is 14.8. The number of nitrogens with two attached hydrogens (primary N) is 1. The number of hydrogen-bond donors (Lipinski definition) is 1. The number of likely N-dealkylation sites (tertiary alicyclic amines) is 1. The first kappa shape index (κ1) is 17.1. The molecule has 5 heteroatoms. The number of halogens is 1. The Labute approximate surface area is 138 Å². The van der Waals surface area contributed by atoms with Gasteiger partial charge in [-0.1, -0.05) is 18.2 Å². The van der Waals surface area contributed by atoms with E-state index in [4.69, 9.17) is 10.5 Å². The summed E-state index contributed by atoms with van der Waals surface area (Å²) in [7, 11) is 1.67. The zero-order valence-corrected chi connectivity index (χ0v) is 13.8. The fourth-order valence-electron chi connectivity index (χ4n) is 3.82. The Hall–Kier alpha value is -1.26. The molecule has 1 aromatic carbocycles. The van der Waals surface area contributed by atoms with Crippen LogP contribution >= 0.6 is 12.4 Å². The highest BCUT2D eigenvalue weighted by atomic mass is 35.5. The summed E-state index contributed by atoms with van der Waals surface area (Å²) in [6.07, 6.45) is 3.59. The minimum Gasteiger partial charge on any atom is -0.496 e. The van der Waals surface area contributed by atoms with Gasteiger partial charge < -0.3 is 15.4 Å². The molecule has 0 radical (unpaired) electrons. The molecule has 3 rings (SSSR count). The number of nitrogens with zero attached hydrogens (tertiary/aromatic N) is 1. The molecule has 0 bridgehead atoms. The van der Waals surface area contributed by atoms with Crippen LogP contribution in [-0.4, -0.2) is 37.0 Å². The van der Waals surface area contributed by atoms with Crippen molar-refractivity contribution in [1.29, 1.82) is 0 Å². The van der Waals surface area contributed by atoms with E-state index >= 15 is 0 Å². The van der Waals surface area contributed by atoms with E-state index in [1.807, 2.05) is 29.2 Å². The number of aryl methyl sites for hydroxylation is 1. The molecule has 1 saturated heterocycles. The van der Waals surface area contributed by atoms with Crippen LogP contribution in [0.3, 0.4) is 0 Å². The number of methoxy groups -OCH3 is 1. The Morgan fingerprint density at radius 3 is 2.82 bits per heavy atom. The van der Waals surface area contributed by atoms with E-state index in [9.17, 15) is 4.79 Å². The van der Waals surface area contributed by atoms with Gasteiger partial charge in [0.25, 0.3) is 0 Å². The Bertz CT molecular complexity index is 523. The van der Waals surface area contributed by atoms with Gasteiger partial charge in [-0.05, 0) is 42.7 Å². The van der Waals surface area contributed by atoms with Crippen molar-refractivity contribution in [3.63, 3.8) is 0 Å². The molecule has 1 aromatic rings. The van der Waals surface area contributed by atoms with E-state index in [2.05, 4.69) is 0 Å². The second-order valence-corrected chi connectivity index (χ2v) is 6.28. The maximum Gasteiger partial charge on any atom is 0.222 e. The predicted molar refractivity (Wildman–Crippen MR) is 89.3 cm³/mol. The Morgan fingerprint density at radius 1 is 1.32 bits per heavy atom. The van der Waals surface area contributed by atoms with Crippen molar-refractivity contribution in [3.05, 3.63) is 29.8 Å². The fraction of sp³-hybridized carbons (Fsp3) is 0.588. The van der Waals surface area contributed by atoms with Crippen molar-refractivity contribution in [2.75, 3.05) is 20.2 Å². The highest BCUT2D eigenvalue weighted by molar-refractivity contribution is 5.85. The Balaban J connectivity index is 0.00000176. The van der Waals surface area contributed by atoms with Crippen LogP contribution in [0.15, 0.2) is 24.3 Å². The monoisotopic (exact) mass is 324 g/mol. The van der Waals surface area contributed by atoms with Gasteiger partial charge in [0, 0.05) is 25.6 Å². The van der Waals surface area contributed by atoms with Gasteiger partial charge >= 0.3 is 0 Å². The average Bonchev–Trinajstić information content (AvgIpc) is 3.07. The molecular weight excluding hydrogens is 300 g/mol. The predicted octanol–water partition coefficient (Wildman–Crippen LogP) is 2.25. The molecule has 1 amide bonds. The summed E-state index contributed by atoms with van der Waals surface area (Å²) < 4.78 is 5.34. The van der Waals surface area contributed by atoms with Crippen molar-refractivity contribution in [2.24, 2.45) is 17.6 Å². The number of benzene rings is 1. The lowest BCUT2D eigenvalue weighted by molar-refractivity contribution is -0.130. The van der Waals surface area contributed by atoms with Crippen molar-refractivity contribution in [2.45, 2.75) is 31.7 Å². The molecule has 122 valence electrons. The molecule has 0 aromatic heterocycles. The van der Waals surface area contributed by atoms with Gasteiger partial charge in [-0.3, -0.25) is 4.79 Å². The minimum absolute atomic E-state index is 0. The van der Waals surface area contributed by atoms with Gasteiger partial charge in [0.1, 0.15) is 5.75 Å². The van der Waals surface area contributed by atoms with Crippen LogP contribution in [0.1, 0.15) is 24.8 Å². The molecule has 3 unspecified atom stereocenters. The number of para-hydroxylation sites is 1. The third-order valence-electron chi connectivity index (χ3n) is 5.07. The molecule has 2 aliphatic rings. The van der Waals surface area contributed by atoms with Gasteiger partial charge in [0.2, 0.25) is 5.91 Å². The summed E-state index contributed by atoms with van der Waals surface area (Å²) in [6.45, 7) is 1.76. The van der Waals surface area contributed by atoms with Crippen LogP contribution in [0.4, 0.5) is 0 Å². The van der Waals surface area contributed by atoms with Crippen LogP contribution in [0.25, 0.3) is 0 Å². The highest BCUT2D eigenvalue weighted by Crippen LogP contribution is 2.37. The molecule has 1 saturated carbocycles. The number of fused-ring (bicyclic) bond motifs is 1. The molecule has 1 aliphatic carbocycles. The first-order valence-corrected chi connectivity index (χ1v) is 7.84. The molecular formula is C17H25ClN2O2. The fourth-order valence-corrected chi connectivity index (χ4v) is 3.82. The van der Waals surface area contributed by atoms with Gasteiger partial charge in [0.05, 0.1) is 7.11 Å². The number of amides is 1. The first-order chi connectivity index (χ1) is 10.2. The van der Waals surface area contributed by atoms with Crippen LogP contribution in [-0.2, 0) is 11.2 Å². The van der Waals surface area contributed by atoms with E-state index in [1.165, 1.54) is 6.42 Å². The smallest absolute Gasteiger partial charge is 0.222 e. The summed E-state index contributed by atoms with van der Waals surface area (Å²) >= 11 is 0. The third kappa shape index (κ3) is 3.39. The standard InChI is InChI=1S/C17H24N2O2.ClH/c1-21-16-5-3-2-4-12(16)7-9-17(20)19-10-13-6-8-15(18)14(13)11-19;/h2-5,13-15H,6-11,18H2,1H3;1H. The molecule has 1 heterocycles. The molecule has 3 atom stereocenters. The van der Waals surface area contributed by atoms with E-state index in [0.717, 1.165) is 37.2 Å². The Kier molecular flexibility index (Phi) is 5.70. The second-order valence-electron chi connectivity index (χ2n) is 6.28. The number of carbonyl (C=O) groups excluding carboxylic acids is 1. The SMILES string of the molecule is COc1ccccc1CCC(=O)N1CC2CCC(N)C2C1.Cl. The van der Waals surface area contributed by atoms with Gasteiger partial charge in [0.15, 0.2) is 0 Å². The lowest BCUT2D eigenvalue weighted by atomic mass is 9.98. The van der Waals surface area contributed by atoms with Crippen molar-refractivity contribution in [1.82, 2.24) is 4.90 Å². The summed E-state index contributed by atoms with van der Waals surface area (Å²) in [5.74, 6) is 2.28. The molecule has 22 heavy (non-hydrogen) atoms. The van der Waals surface area contributed by atoms with Crippen molar-refractivity contribution >= 4 is 18.3 Å². The molecule has 1 aliphatic heterocycles. The molecule has 2 fully saturated rings. The molecule has 4 nitrogen and oxygen atoms in total. The zero-order valence-electron chi connectivity index (χ0n) is 13.0. The number of rotatable bonds is 4. The quantitative estimate of drug-likeness (QED) is 0.924. The van der Waals surface area contributed by atoms with Crippen molar-refractivity contribution in [3.8, 4) is 5.75 Å². The normalized spacial score (nSPS) is 26.5. The lowest BCUT2D eigenvalue weighted by Crippen LogP contribution is -2.33. The minimum atomic E-state index is 0. The van der Waals surface area contributed by atoms with Crippen LogP contribution in [0.2, 0.25) is 0 Å². The first-order valence-electron chi connectivity index (χ1n) is 7.84. The summed E-state index contributed by atoms with van der Waals surface area (Å²) in [4.78, 5) is 14.4. The van der Waals surface area contributed by atoms with Gasteiger partial charge in [-0.2, -0.15) is 0 Å². The van der Waals surface area contributed by atoms with Crippen LogP contribution in [0, 0.1) is 11.8 Å². The van der Waals surface area contributed by atoms with E-state index in [0.29, 0.717) is 24.3 Å². The van der Waals surface area contributed by atoms with Crippen molar-refractivity contribution < 1.29 is 9.53 Å². The number of carbonyl (C=O) groups is 1. The summed E-state index contributed by atoms with van der Waals surface area (Å²) in [6, 6.07) is 8.20. The summed E-state index contributed by atoms with van der Waals surface area (Å²) in [5, 5.41) is 0. The lowest BCUT2D eigenvalue weighted by Gasteiger charge is -2.19. The summed E-state index contributed by atoms with van der Waals surface area (Å²) in [5.41, 5.74) is 7.23. The van der Waals surface area contributed by atoms with E-state index < -0.39 is 0 Å². The number of ether oxygens (including phenoxy) is 1. The topological polar surface area (TPSA) is 55.6 Å². The van der Waals surface area contributed by atoms with Gasteiger partial charge in [-0.25, -0.2) is 0 Å². The Morgan fingerprint density at radius 2 is 2.09 bits per heavy atom. The largest absolute Gasteiger partial charge is 0.496 e. The van der Waals surface area contributed by atoms with Gasteiger partial charge in [-0.15, -0.1) is 12.4 Å². The number of hydrogen-bond acceptors (Lipinski definition) is 3. The average molecular weight is 325 g/mol. The maximum atomic E-state index is 12.4. The second kappa shape index (κ2) is 7.34. The highest BCUT2D eigenvalue weighted by Gasteiger charge is 2.42. The third-order valence-corrected chi connectivity index (χ3v) is 5.07. The molecule has 0 spiro atoms. The van der Waals surface area contributed by atoms with E-state index in [-0.39, 0.29) is 18.3 Å². The van der Waals surface area contributed by atoms with E-state index in [1.54, 1.807) is 7.11 Å².